The minimum absolute atomic E-state index is 0.00534. The average Bonchev–Trinajstić information content (AvgIpc) is 2.99. The number of carbonyl (C=O) groups excluding carboxylic acids is 1. The maximum atomic E-state index is 14.7. The molecule has 0 heterocycles. The second-order valence-electron chi connectivity index (χ2n) is 9.36. The molecule has 0 aromatic heterocycles. The minimum Gasteiger partial charge on any atom is -0.494 e. The van der Waals surface area contributed by atoms with Gasteiger partial charge in [0.25, 0.3) is 0 Å². The lowest BCUT2D eigenvalue weighted by Crippen LogP contribution is -2.15. The summed E-state index contributed by atoms with van der Waals surface area (Å²) in [5.74, 6) is -2.54. The molecule has 3 rings (SSSR count). The topological polar surface area (TPSA) is 69.7 Å². The Morgan fingerprint density at radius 1 is 1.14 bits per heavy atom. The molecule has 0 aliphatic heterocycles. The SMILES string of the molecule is CCOC(=O)c1cc2c(cc1F)C(C)(C)CC2c1ccc(OCCCS(C)(=O)=O)cc1C(F)(F)F. The van der Waals surface area contributed by atoms with Crippen molar-refractivity contribution < 1.29 is 40.2 Å². The monoisotopic (exact) mass is 516 g/mol. The van der Waals surface area contributed by atoms with E-state index in [0.717, 1.165) is 12.3 Å². The molecule has 0 fully saturated rings. The Labute approximate surface area is 202 Å². The van der Waals surface area contributed by atoms with Crippen LogP contribution in [0.15, 0.2) is 30.3 Å². The summed E-state index contributed by atoms with van der Waals surface area (Å²) in [4.78, 5) is 12.2. The number of carbonyl (C=O) groups is 1. The third-order valence-electron chi connectivity index (χ3n) is 6.09. The van der Waals surface area contributed by atoms with Crippen LogP contribution >= 0.6 is 0 Å². The largest absolute Gasteiger partial charge is 0.494 e. The zero-order chi connectivity index (χ0) is 26.2. The first-order valence-electron chi connectivity index (χ1n) is 11.2. The van der Waals surface area contributed by atoms with E-state index in [1.807, 2.05) is 13.8 Å². The van der Waals surface area contributed by atoms with Crippen molar-refractivity contribution in [2.24, 2.45) is 0 Å². The third-order valence-corrected chi connectivity index (χ3v) is 7.12. The fraction of sp³-hybridized carbons (Fsp3) is 0.480. The first kappa shape index (κ1) is 27.0. The van der Waals surface area contributed by atoms with E-state index in [9.17, 15) is 30.8 Å². The Hall–Kier alpha value is -2.62. The molecule has 192 valence electrons. The summed E-state index contributed by atoms with van der Waals surface area (Å²) < 4.78 is 89.8. The summed E-state index contributed by atoms with van der Waals surface area (Å²) in [5, 5.41) is 0. The number of sulfone groups is 1. The van der Waals surface area contributed by atoms with Crippen molar-refractivity contribution in [3.63, 3.8) is 0 Å². The van der Waals surface area contributed by atoms with Gasteiger partial charge >= 0.3 is 12.1 Å². The van der Waals surface area contributed by atoms with Gasteiger partial charge < -0.3 is 9.47 Å². The van der Waals surface area contributed by atoms with E-state index in [-0.39, 0.29) is 48.7 Å². The fourth-order valence-corrected chi connectivity index (χ4v) is 5.17. The molecule has 2 aromatic rings. The minimum atomic E-state index is -4.70. The predicted molar refractivity (Wildman–Crippen MR) is 123 cm³/mol. The Bertz CT molecular complexity index is 1220. The number of rotatable bonds is 8. The number of fused-ring (bicyclic) bond motifs is 1. The molecule has 35 heavy (non-hydrogen) atoms. The molecule has 0 saturated carbocycles. The lowest BCUT2D eigenvalue weighted by atomic mass is 9.84. The second kappa shape index (κ2) is 9.79. The van der Waals surface area contributed by atoms with Crippen molar-refractivity contribution in [1.82, 2.24) is 0 Å². The molecule has 1 unspecified atom stereocenters. The van der Waals surface area contributed by atoms with Crippen LogP contribution in [0.5, 0.6) is 5.75 Å². The van der Waals surface area contributed by atoms with E-state index in [2.05, 4.69) is 0 Å². The standard InChI is InChI=1S/C25H28F4O5S/c1-5-33-23(30)18-12-17-19(14-24(2,3)20(17)13-22(18)26)16-8-7-15(11-21(16)25(27,28)29)34-9-6-10-35(4,31)32/h7-8,11-13,19H,5-6,9-10,14H2,1-4H3. The zero-order valence-corrected chi connectivity index (χ0v) is 20.8. The molecule has 0 radical (unpaired) electrons. The molecule has 1 atom stereocenters. The Morgan fingerprint density at radius 3 is 2.43 bits per heavy atom. The van der Waals surface area contributed by atoms with Crippen LogP contribution in [0, 0.1) is 5.82 Å². The van der Waals surface area contributed by atoms with Gasteiger partial charge in [0.15, 0.2) is 0 Å². The lowest BCUT2D eigenvalue weighted by molar-refractivity contribution is -0.138. The van der Waals surface area contributed by atoms with Crippen molar-refractivity contribution >= 4 is 15.8 Å². The molecular weight excluding hydrogens is 488 g/mol. The van der Waals surface area contributed by atoms with Gasteiger partial charge in [0.2, 0.25) is 0 Å². The van der Waals surface area contributed by atoms with Crippen LogP contribution < -0.4 is 4.74 Å². The van der Waals surface area contributed by atoms with Gasteiger partial charge in [-0.2, -0.15) is 13.2 Å². The van der Waals surface area contributed by atoms with Gasteiger partial charge in [-0.3, -0.25) is 0 Å². The van der Waals surface area contributed by atoms with Crippen molar-refractivity contribution in [2.45, 2.75) is 51.1 Å². The van der Waals surface area contributed by atoms with Crippen LogP contribution in [0.3, 0.4) is 0 Å². The van der Waals surface area contributed by atoms with Gasteiger partial charge in [-0.25, -0.2) is 17.6 Å². The fourth-order valence-electron chi connectivity index (χ4n) is 4.52. The smallest absolute Gasteiger partial charge is 0.416 e. The molecule has 0 bridgehead atoms. The van der Waals surface area contributed by atoms with Crippen LogP contribution in [0.4, 0.5) is 17.6 Å². The number of ether oxygens (including phenoxy) is 2. The average molecular weight is 517 g/mol. The number of hydrogen-bond acceptors (Lipinski definition) is 5. The van der Waals surface area contributed by atoms with E-state index in [1.54, 1.807) is 6.92 Å². The van der Waals surface area contributed by atoms with Crippen molar-refractivity contribution in [2.75, 3.05) is 25.2 Å². The van der Waals surface area contributed by atoms with Crippen molar-refractivity contribution in [3.05, 3.63) is 64.0 Å². The van der Waals surface area contributed by atoms with Gasteiger partial charge in [-0.05, 0) is 66.1 Å². The highest BCUT2D eigenvalue weighted by atomic mass is 32.2. The van der Waals surface area contributed by atoms with Gasteiger partial charge in [0.1, 0.15) is 21.4 Å². The Balaban J connectivity index is 2.02. The summed E-state index contributed by atoms with van der Waals surface area (Å²) in [6, 6.07) is 6.16. The molecule has 0 amide bonds. The van der Waals surface area contributed by atoms with Gasteiger partial charge in [0.05, 0.1) is 30.1 Å². The predicted octanol–water partition coefficient (Wildman–Crippen LogP) is 5.65. The highest BCUT2D eigenvalue weighted by Gasteiger charge is 2.43. The summed E-state index contributed by atoms with van der Waals surface area (Å²) >= 11 is 0. The van der Waals surface area contributed by atoms with E-state index in [4.69, 9.17) is 9.47 Å². The van der Waals surface area contributed by atoms with Crippen LogP contribution in [0.1, 0.15) is 72.1 Å². The van der Waals surface area contributed by atoms with Crippen molar-refractivity contribution in [3.8, 4) is 5.75 Å². The molecule has 1 aliphatic carbocycles. The molecule has 2 aromatic carbocycles. The van der Waals surface area contributed by atoms with Gasteiger partial charge in [0, 0.05) is 12.2 Å². The normalized spacial score (nSPS) is 17.2. The molecular formula is C25H28F4O5S. The highest BCUT2D eigenvalue weighted by Crippen LogP contribution is 2.52. The van der Waals surface area contributed by atoms with Gasteiger partial charge in [-0.15, -0.1) is 0 Å². The van der Waals surface area contributed by atoms with E-state index < -0.39 is 44.7 Å². The van der Waals surface area contributed by atoms with Gasteiger partial charge in [-0.1, -0.05) is 19.9 Å². The van der Waals surface area contributed by atoms with E-state index in [0.29, 0.717) is 11.1 Å². The maximum absolute atomic E-state index is 14.7. The number of benzene rings is 2. The second-order valence-corrected chi connectivity index (χ2v) is 11.6. The Morgan fingerprint density at radius 2 is 1.83 bits per heavy atom. The molecule has 5 nitrogen and oxygen atoms in total. The first-order valence-corrected chi connectivity index (χ1v) is 13.2. The molecule has 0 spiro atoms. The van der Waals surface area contributed by atoms with Crippen molar-refractivity contribution in [1.29, 1.82) is 0 Å². The van der Waals surface area contributed by atoms with Crippen LogP contribution in [-0.4, -0.2) is 39.6 Å². The molecule has 0 saturated heterocycles. The number of esters is 1. The number of alkyl halides is 3. The van der Waals surface area contributed by atoms with E-state index >= 15 is 0 Å². The van der Waals surface area contributed by atoms with Crippen LogP contribution in [-0.2, 0) is 26.2 Å². The van der Waals surface area contributed by atoms with Crippen LogP contribution in [0.2, 0.25) is 0 Å². The zero-order valence-electron chi connectivity index (χ0n) is 20.0. The molecule has 1 aliphatic rings. The molecule has 10 heteroatoms. The molecule has 0 N–H and O–H groups in total. The first-order chi connectivity index (χ1) is 16.1. The Kier molecular flexibility index (Phi) is 7.55. The summed E-state index contributed by atoms with van der Waals surface area (Å²) in [5.41, 5.74) is -0.845. The highest BCUT2D eigenvalue weighted by molar-refractivity contribution is 7.90. The number of hydrogen-bond donors (Lipinski definition) is 0. The number of halogens is 4. The van der Waals surface area contributed by atoms with E-state index in [1.165, 1.54) is 24.3 Å². The maximum Gasteiger partial charge on any atom is 0.416 e. The summed E-state index contributed by atoms with van der Waals surface area (Å²) in [6.45, 7) is 5.21. The quantitative estimate of drug-likeness (QED) is 0.258. The third kappa shape index (κ3) is 6.15. The summed E-state index contributed by atoms with van der Waals surface area (Å²) in [7, 11) is -3.20. The summed E-state index contributed by atoms with van der Waals surface area (Å²) in [6.07, 6.45) is -3.19. The van der Waals surface area contributed by atoms with Crippen LogP contribution in [0.25, 0.3) is 0 Å². The lowest BCUT2D eigenvalue weighted by Gasteiger charge is -2.22.